The average Bonchev–Trinajstić information content (AvgIpc) is 2.96. The molecule has 0 saturated heterocycles. The second kappa shape index (κ2) is 6.38. The predicted octanol–water partition coefficient (Wildman–Crippen LogP) is 1.94. The Morgan fingerprint density at radius 2 is 2.27 bits per heavy atom. The van der Waals surface area contributed by atoms with Crippen LogP contribution >= 0.6 is 11.3 Å². The van der Waals surface area contributed by atoms with E-state index < -0.39 is 0 Å². The van der Waals surface area contributed by atoms with Crippen molar-refractivity contribution in [3.63, 3.8) is 0 Å². The molecular weight excluding hydrogens is 300 g/mol. The molecule has 2 amide bonds. The minimum atomic E-state index is -0.199. The van der Waals surface area contributed by atoms with Gasteiger partial charge in [-0.1, -0.05) is 6.42 Å². The number of nitrogens with one attached hydrogen (secondary N) is 2. The summed E-state index contributed by atoms with van der Waals surface area (Å²) in [5.74, 6) is -0.314. The predicted molar refractivity (Wildman–Crippen MR) is 84.9 cm³/mol. The summed E-state index contributed by atoms with van der Waals surface area (Å²) in [5.41, 5.74) is 0.761. The molecule has 22 heavy (non-hydrogen) atoms. The summed E-state index contributed by atoms with van der Waals surface area (Å²) in [6.07, 6.45) is 4.65. The SMILES string of the molecule is CCO[C@@H]1C[C@@H](NC(=O)CNC(=O)c2ccsc2)C12CCC2. The Kier molecular flexibility index (Phi) is 4.49. The largest absolute Gasteiger partial charge is 0.378 e. The lowest BCUT2D eigenvalue weighted by molar-refractivity contribution is -0.175. The molecular formula is C16H22N2O3S. The fraction of sp³-hybridized carbons (Fsp3) is 0.625. The van der Waals surface area contributed by atoms with Crippen LogP contribution in [0.15, 0.2) is 16.8 Å². The maximum atomic E-state index is 12.0. The quantitative estimate of drug-likeness (QED) is 0.841. The minimum absolute atomic E-state index is 0.0283. The number of ether oxygens (including phenoxy) is 1. The molecule has 1 heterocycles. The first-order valence-corrected chi connectivity index (χ1v) is 8.81. The van der Waals surface area contributed by atoms with Gasteiger partial charge in [0.2, 0.25) is 5.91 Å². The van der Waals surface area contributed by atoms with E-state index in [0.29, 0.717) is 5.56 Å². The summed E-state index contributed by atoms with van der Waals surface area (Å²) < 4.78 is 5.77. The van der Waals surface area contributed by atoms with E-state index in [0.717, 1.165) is 25.9 Å². The van der Waals surface area contributed by atoms with Gasteiger partial charge in [0.1, 0.15) is 0 Å². The maximum absolute atomic E-state index is 12.0. The smallest absolute Gasteiger partial charge is 0.252 e. The number of rotatable bonds is 6. The van der Waals surface area contributed by atoms with Crippen molar-refractivity contribution in [1.82, 2.24) is 10.6 Å². The standard InChI is InChI=1S/C16H22N2O3S/c1-2-21-13-8-12(16(13)5-3-6-16)18-14(19)9-17-15(20)11-4-7-22-10-11/h4,7,10,12-13H,2-3,5-6,8-9H2,1H3,(H,17,20)(H,18,19)/t12-,13-/m1/s1. The highest BCUT2D eigenvalue weighted by Gasteiger charge is 2.59. The Bertz CT molecular complexity index is 540. The van der Waals surface area contributed by atoms with Crippen molar-refractivity contribution in [3.05, 3.63) is 22.4 Å². The number of hydrogen-bond acceptors (Lipinski definition) is 4. The molecule has 2 N–H and O–H groups in total. The molecule has 2 fully saturated rings. The van der Waals surface area contributed by atoms with Gasteiger partial charge in [0, 0.05) is 29.0 Å². The van der Waals surface area contributed by atoms with E-state index in [4.69, 9.17) is 4.74 Å². The van der Waals surface area contributed by atoms with Crippen molar-refractivity contribution in [2.24, 2.45) is 5.41 Å². The summed E-state index contributed by atoms with van der Waals surface area (Å²) in [6.45, 7) is 2.77. The zero-order valence-corrected chi connectivity index (χ0v) is 13.6. The lowest BCUT2D eigenvalue weighted by Crippen LogP contribution is -2.68. The third-order valence-electron chi connectivity index (χ3n) is 4.97. The van der Waals surface area contributed by atoms with Gasteiger partial charge in [0.05, 0.1) is 12.6 Å². The summed E-state index contributed by atoms with van der Waals surface area (Å²) in [5, 5.41) is 9.35. The zero-order valence-electron chi connectivity index (χ0n) is 12.8. The van der Waals surface area contributed by atoms with Crippen molar-refractivity contribution < 1.29 is 14.3 Å². The molecule has 0 unspecified atom stereocenters. The summed E-state index contributed by atoms with van der Waals surface area (Å²) in [6, 6.07) is 1.95. The number of hydrogen-bond donors (Lipinski definition) is 2. The van der Waals surface area contributed by atoms with Crippen molar-refractivity contribution in [2.45, 2.75) is 44.8 Å². The molecule has 1 spiro atoms. The van der Waals surface area contributed by atoms with Gasteiger partial charge < -0.3 is 15.4 Å². The van der Waals surface area contributed by atoms with Crippen molar-refractivity contribution in [1.29, 1.82) is 0 Å². The van der Waals surface area contributed by atoms with Gasteiger partial charge in [-0.2, -0.15) is 11.3 Å². The van der Waals surface area contributed by atoms with Crippen LogP contribution in [0.5, 0.6) is 0 Å². The minimum Gasteiger partial charge on any atom is -0.378 e. The highest BCUT2D eigenvalue weighted by atomic mass is 32.1. The number of thiophene rings is 1. The molecule has 0 bridgehead atoms. The zero-order chi connectivity index (χ0) is 15.6. The lowest BCUT2D eigenvalue weighted by Gasteiger charge is -2.61. The van der Waals surface area contributed by atoms with Crippen LogP contribution in [0.3, 0.4) is 0 Å². The van der Waals surface area contributed by atoms with Crippen LogP contribution in [0.25, 0.3) is 0 Å². The van der Waals surface area contributed by atoms with Gasteiger partial charge in [-0.25, -0.2) is 0 Å². The van der Waals surface area contributed by atoms with Crippen LogP contribution in [0.2, 0.25) is 0 Å². The highest BCUT2D eigenvalue weighted by molar-refractivity contribution is 7.08. The summed E-state index contributed by atoms with van der Waals surface area (Å²) in [4.78, 5) is 23.9. The van der Waals surface area contributed by atoms with E-state index in [1.807, 2.05) is 12.3 Å². The van der Waals surface area contributed by atoms with Gasteiger partial charge in [0.15, 0.2) is 0 Å². The third-order valence-corrected chi connectivity index (χ3v) is 5.65. The highest BCUT2D eigenvalue weighted by Crippen LogP contribution is 2.57. The molecule has 5 nitrogen and oxygen atoms in total. The Morgan fingerprint density at radius 3 is 2.86 bits per heavy atom. The van der Waals surface area contributed by atoms with Gasteiger partial charge in [-0.15, -0.1) is 0 Å². The van der Waals surface area contributed by atoms with Gasteiger partial charge in [-0.05, 0) is 37.6 Å². The van der Waals surface area contributed by atoms with Crippen molar-refractivity contribution in [2.75, 3.05) is 13.2 Å². The third kappa shape index (κ3) is 2.77. The molecule has 120 valence electrons. The molecule has 6 heteroatoms. The molecule has 0 aliphatic heterocycles. The first-order chi connectivity index (χ1) is 10.7. The molecule has 2 aliphatic rings. The van der Waals surface area contributed by atoms with Crippen molar-refractivity contribution >= 4 is 23.2 Å². The number of carbonyl (C=O) groups excluding carboxylic acids is 2. The van der Waals surface area contributed by atoms with Crippen LogP contribution in [-0.4, -0.2) is 37.1 Å². The Labute approximate surface area is 134 Å². The van der Waals surface area contributed by atoms with Crippen LogP contribution in [0, 0.1) is 5.41 Å². The first-order valence-electron chi connectivity index (χ1n) is 7.87. The van der Waals surface area contributed by atoms with E-state index in [9.17, 15) is 9.59 Å². The fourth-order valence-corrected chi connectivity index (χ4v) is 4.18. The van der Waals surface area contributed by atoms with Crippen molar-refractivity contribution in [3.8, 4) is 0 Å². The lowest BCUT2D eigenvalue weighted by atomic mass is 9.51. The normalized spacial score (nSPS) is 25.1. The first kappa shape index (κ1) is 15.5. The maximum Gasteiger partial charge on any atom is 0.252 e. The molecule has 0 radical (unpaired) electrons. The van der Waals surface area contributed by atoms with Crippen LogP contribution in [-0.2, 0) is 9.53 Å². The van der Waals surface area contributed by atoms with E-state index in [-0.39, 0.29) is 35.9 Å². The fourth-order valence-electron chi connectivity index (χ4n) is 3.54. The Balaban J connectivity index is 1.45. The topological polar surface area (TPSA) is 67.4 Å². The molecule has 2 atom stereocenters. The number of amides is 2. The summed E-state index contributed by atoms with van der Waals surface area (Å²) in [7, 11) is 0. The van der Waals surface area contributed by atoms with E-state index in [1.54, 1.807) is 11.4 Å². The van der Waals surface area contributed by atoms with Crippen LogP contribution in [0.1, 0.15) is 43.0 Å². The second-order valence-electron chi connectivity index (χ2n) is 6.08. The molecule has 2 aliphatic carbocycles. The molecule has 2 saturated carbocycles. The Morgan fingerprint density at radius 1 is 1.45 bits per heavy atom. The van der Waals surface area contributed by atoms with E-state index >= 15 is 0 Å². The molecule has 1 aromatic heterocycles. The molecule has 3 rings (SSSR count). The monoisotopic (exact) mass is 322 g/mol. The van der Waals surface area contributed by atoms with Gasteiger partial charge in [-0.3, -0.25) is 9.59 Å². The van der Waals surface area contributed by atoms with Gasteiger partial charge >= 0.3 is 0 Å². The Hall–Kier alpha value is -1.40. The van der Waals surface area contributed by atoms with Crippen LogP contribution in [0.4, 0.5) is 0 Å². The second-order valence-corrected chi connectivity index (χ2v) is 6.86. The summed E-state index contributed by atoms with van der Waals surface area (Å²) >= 11 is 1.47. The number of carbonyl (C=O) groups is 2. The molecule has 1 aromatic rings. The van der Waals surface area contributed by atoms with E-state index in [2.05, 4.69) is 10.6 Å². The molecule has 0 aromatic carbocycles. The average molecular weight is 322 g/mol. The van der Waals surface area contributed by atoms with Gasteiger partial charge in [0.25, 0.3) is 5.91 Å². The van der Waals surface area contributed by atoms with Crippen LogP contribution < -0.4 is 10.6 Å². The van der Waals surface area contributed by atoms with E-state index in [1.165, 1.54) is 17.8 Å².